The Bertz CT molecular complexity index is 549. The third-order valence-electron chi connectivity index (χ3n) is 3.13. The number of amides is 1. The van der Waals surface area contributed by atoms with Crippen LogP contribution in [-0.4, -0.2) is 31.3 Å². The van der Waals surface area contributed by atoms with E-state index in [0.717, 1.165) is 17.7 Å². The van der Waals surface area contributed by atoms with Gasteiger partial charge in [-0.25, -0.2) is 0 Å². The second-order valence-corrected chi connectivity index (χ2v) is 4.77. The van der Waals surface area contributed by atoms with E-state index >= 15 is 0 Å². The van der Waals surface area contributed by atoms with Crippen molar-refractivity contribution >= 4 is 17.4 Å². The lowest BCUT2D eigenvalue weighted by molar-refractivity contribution is -0.114. The van der Waals surface area contributed by atoms with Gasteiger partial charge in [0.15, 0.2) is 0 Å². The van der Waals surface area contributed by atoms with Gasteiger partial charge >= 0.3 is 0 Å². The molecule has 100 valence electrons. The number of benzene rings is 1. The molecule has 19 heavy (non-hydrogen) atoms. The number of aryl methyl sites for hydroxylation is 1. The van der Waals surface area contributed by atoms with E-state index in [1.165, 1.54) is 4.90 Å². The van der Waals surface area contributed by atoms with E-state index in [0.29, 0.717) is 24.3 Å². The molecule has 0 saturated carbocycles. The van der Waals surface area contributed by atoms with Crippen molar-refractivity contribution in [3.05, 3.63) is 41.5 Å². The molecule has 4 heteroatoms. The second-order valence-electron chi connectivity index (χ2n) is 4.77. The third kappa shape index (κ3) is 2.58. The monoisotopic (exact) mass is 258 g/mol. The number of Topliss-reactive ketones (excluding diaryl/α,β-unsaturated/α-hetero) is 1. The number of hydrogen-bond acceptors (Lipinski definition) is 3. The maximum atomic E-state index is 12.0. The van der Waals surface area contributed by atoms with Crippen molar-refractivity contribution in [2.45, 2.75) is 13.8 Å². The number of anilines is 1. The van der Waals surface area contributed by atoms with Gasteiger partial charge in [-0.05, 0) is 31.2 Å². The number of rotatable bonds is 5. The molecule has 1 N–H and O–H groups in total. The van der Waals surface area contributed by atoms with Crippen LogP contribution < -0.4 is 10.2 Å². The summed E-state index contributed by atoms with van der Waals surface area (Å²) >= 11 is 0. The molecule has 1 aliphatic rings. The fraction of sp³-hybridized carbons (Fsp3) is 0.333. The number of fused-ring (bicyclic) bond motifs is 1. The summed E-state index contributed by atoms with van der Waals surface area (Å²) in [6.07, 6.45) is 0. The molecule has 0 aromatic heterocycles. The molecule has 0 unspecified atom stereocenters. The van der Waals surface area contributed by atoms with Gasteiger partial charge in [-0.2, -0.15) is 0 Å². The van der Waals surface area contributed by atoms with Crippen LogP contribution in [0.4, 0.5) is 5.69 Å². The number of nitrogens with one attached hydrogen (secondary N) is 1. The first kappa shape index (κ1) is 13.5. The molecule has 0 aliphatic carbocycles. The van der Waals surface area contributed by atoms with Crippen molar-refractivity contribution in [2.75, 3.05) is 24.5 Å². The molecule has 0 atom stereocenters. The average molecular weight is 258 g/mol. The predicted octanol–water partition coefficient (Wildman–Crippen LogP) is 1.69. The molecule has 4 nitrogen and oxygen atoms in total. The molecule has 0 radical (unpaired) electrons. The average Bonchev–Trinajstić information content (AvgIpc) is 2.61. The number of carbonyl (C=O) groups excluding carboxylic acids is 2. The number of carbonyl (C=O) groups is 2. The number of likely N-dealkylation sites (N-methyl/N-ethyl adjacent to an activating group) is 1. The Kier molecular flexibility index (Phi) is 3.81. The standard InChI is InChI=1S/C15H18N2O2/c1-4-16-8-11(3)9-17-13-6-5-10(2)7-12(13)14(18)15(17)19/h5-7,16H,3-4,8-9H2,1-2H3. The minimum absolute atomic E-state index is 0.383. The smallest absolute Gasteiger partial charge is 0.299 e. The van der Waals surface area contributed by atoms with Crippen molar-refractivity contribution in [1.29, 1.82) is 0 Å². The quantitative estimate of drug-likeness (QED) is 0.646. The summed E-state index contributed by atoms with van der Waals surface area (Å²) in [5.74, 6) is -0.881. The van der Waals surface area contributed by atoms with Crippen molar-refractivity contribution in [1.82, 2.24) is 5.32 Å². The Labute approximate surface area is 113 Å². The highest BCUT2D eigenvalue weighted by atomic mass is 16.2. The highest BCUT2D eigenvalue weighted by Gasteiger charge is 2.35. The van der Waals surface area contributed by atoms with Crippen molar-refractivity contribution in [3.8, 4) is 0 Å². The summed E-state index contributed by atoms with van der Waals surface area (Å²) in [4.78, 5) is 25.4. The van der Waals surface area contributed by atoms with Gasteiger partial charge in [0.1, 0.15) is 0 Å². The van der Waals surface area contributed by atoms with Crippen LogP contribution in [0, 0.1) is 6.92 Å². The second kappa shape index (κ2) is 5.36. The third-order valence-corrected chi connectivity index (χ3v) is 3.13. The molecule has 1 amide bonds. The highest BCUT2D eigenvalue weighted by Crippen LogP contribution is 2.29. The van der Waals surface area contributed by atoms with E-state index in [-0.39, 0.29) is 0 Å². The largest absolute Gasteiger partial charge is 0.313 e. The topological polar surface area (TPSA) is 49.4 Å². The SMILES string of the molecule is C=C(CNCC)CN1C(=O)C(=O)c2cc(C)ccc21. The molecule has 0 bridgehead atoms. The number of hydrogen-bond donors (Lipinski definition) is 1. The van der Waals surface area contributed by atoms with Gasteiger partial charge < -0.3 is 10.2 Å². The fourth-order valence-electron chi connectivity index (χ4n) is 2.15. The van der Waals surface area contributed by atoms with Gasteiger partial charge in [0.25, 0.3) is 11.7 Å². The molecule has 1 aromatic carbocycles. The lowest BCUT2D eigenvalue weighted by Crippen LogP contribution is -2.33. The summed E-state index contributed by atoms with van der Waals surface area (Å²) in [5.41, 5.74) is 3.06. The molecular formula is C15H18N2O2. The zero-order chi connectivity index (χ0) is 14.0. The van der Waals surface area contributed by atoms with E-state index in [9.17, 15) is 9.59 Å². The maximum Gasteiger partial charge on any atom is 0.299 e. The Morgan fingerprint density at radius 1 is 1.37 bits per heavy atom. The van der Waals surface area contributed by atoms with E-state index < -0.39 is 11.7 Å². The first-order valence-corrected chi connectivity index (χ1v) is 6.38. The molecule has 1 aliphatic heterocycles. The minimum atomic E-state index is -0.460. The summed E-state index contributed by atoms with van der Waals surface area (Å²) in [6, 6.07) is 5.50. The first-order valence-electron chi connectivity index (χ1n) is 6.38. The molecule has 1 heterocycles. The van der Waals surface area contributed by atoms with Gasteiger partial charge in [-0.3, -0.25) is 9.59 Å². The van der Waals surface area contributed by atoms with Crippen LogP contribution in [0.25, 0.3) is 0 Å². The maximum absolute atomic E-state index is 12.0. The number of nitrogens with zero attached hydrogens (tertiary/aromatic N) is 1. The summed E-state index contributed by atoms with van der Waals surface area (Å²) in [5, 5.41) is 3.16. The number of ketones is 1. The minimum Gasteiger partial charge on any atom is -0.313 e. The lowest BCUT2D eigenvalue weighted by Gasteiger charge is -2.18. The van der Waals surface area contributed by atoms with E-state index in [1.807, 2.05) is 26.0 Å². The van der Waals surface area contributed by atoms with Gasteiger partial charge in [0.2, 0.25) is 0 Å². The van der Waals surface area contributed by atoms with Crippen molar-refractivity contribution in [2.24, 2.45) is 0 Å². The van der Waals surface area contributed by atoms with Gasteiger partial charge in [-0.15, -0.1) is 0 Å². The molecule has 2 rings (SSSR count). The Morgan fingerprint density at radius 3 is 2.79 bits per heavy atom. The van der Waals surface area contributed by atoms with Crippen LogP contribution in [0.3, 0.4) is 0 Å². The lowest BCUT2D eigenvalue weighted by atomic mass is 10.1. The fourth-order valence-corrected chi connectivity index (χ4v) is 2.15. The van der Waals surface area contributed by atoms with Gasteiger partial charge in [0, 0.05) is 13.1 Å². The zero-order valence-electron chi connectivity index (χ0n) is 11.3. The van der Waals surface area contributed by atoms with E-state index in [2.05, 4.69) is 11.9 Å². The zero-order valence-corrected chi connectivity index (χ0v) is 11.3. The van der Waals surface area contributed by atoms with Gasteiger partial charge in [0.05, 0.1) is 11.3 Å². The summed E-state index contributed by atoms with van der Waals surface area (Å²) < 4.78 is 0. The molecule has 0 saturated heterocycles. The Balaban J connectivity index is 2.21. The predicted molar refractivity (Wildman–Crippen MR) is 75.5 cm³/mol. The van der Waals surface area contributed by atoms with Crippen LogP contribution >= 0.6 is 0 Å². The van der Waals surface area contributed by atoms with Crippen molar-refractivity contribution in [3.63, 3.8) is 0 Å². The van der Waals surface area contributed by atoms with Crippen LogP contribution in [0.2, 0.25) is 0 Å². The van der Waals surface area contributed by atoms with Crippen LogP contribution in [0.1, 0.15) is 22.8 Å². The summed E-state index contributed by atoms with van der Waals surface area (Å²) in [7, 11) is 0. The van der Waals surface area contributed by atoms with E-state index in [1.54, 1.807) is 6.07 Å². The first-order chi connectivity index (χ1) is 9.04. The van der Waals surface area contributed by atoms with Crippen LogP contribution in [0.5, 0.6) is 0 Å². The van der Waals surface area contributed by atoms with Crippen LogP contribution in [0.15, 0.2) is 30.4 Å². The molecule has 0 fully saturated rings. The normalized spacial score (nSPS) is 13.9. The Morgan fingerprint density at radius 2 is 2.11 bits per heavy atom. The summed E-state index contributed by atoms with van der Waals surface area (Å²) in [6.45, 7) is 9.74. The molecule has 0 spiro atoms. The Hall–Kier alpha value is -1.94. The molecular weight excluding hydrogens is 240 g/mol. The van der Waals surface area contributed by atoms with Gasteiger partial charge in [-0.1, -0.05) is 25.1 Å². The van der Waals surface area contributed by atoms with E-state index in [4.69, 9.17) is 0 Å². The van der Waals surface area contributed by atoms with Crippen LogP contribution in [-0.2, 0) is 4.79 Å². The highest BCUT2D eigenvalue weighted by molar-refractivity contribution is 6.52. The van der Waals surface area contributed by atoms with Crippen molar-refractivity contribution < 1.29 is 9.59 Å². The molecule has 1 aromatic rings.